The molecule has 28 heavy (non-hydrogen) atoms. The normalized spacial score (nSPS) is 10.8. The van der Waals surface area contributed by atoms with Crippen LogP contribution in [0.1, 0.15) is 16.1 Å². The maximum Gasteiger partial charge on any atom is 0.258 e. The molecule has 0 aliphatic heterocycles. The quantitative estimate of drug-likeness (QED) is 0.566. The highest BCUT2D eigenvalue weighted by atomic mass is 35.5. The number of anilines is 1. The van der Waals surface area contributed by atoms with Gasteiger partial charge in [-0.25, -0.2) is 9.67 Å². The van der Waals surface area contributed by atoms with E-state index in [0.717, 1.165) is 5.69 Å². The van der Waals surface area contributed by atoms with Crippen LogP contribution in [0.15, 0.2) is 55.0 Å². The van der Waals surface area contributed by atoms with Crippen molar-refractivity contribution in [2.75, 3.05) is 12.4 Å². The van der Waals surface area contributed by atoms with E-state index in [0.29, 0.717) is 33.2 Å². The summed E-state index contributed by atoms with van der Waals surface area (Å²) >= 11 is 6.58. The van der Waals surface area contributed by atoms with Crippen molar-refractivity contribution >= 4 is 34.2 Å². The maximum absolute atomic E-state index is 12.7. The van der Waals surface area contributed by atoms with Gasteiger partial charge in [-0.15, -0.1) is 0 Å². The molecule has 140 valence electrons. The molecule has 4 aromatic rings. The van der Waals surface area contributed by atoms with Crippen LogP contribution in [0.5, 0.6) is 5.75 Å². The summed E-state index contributed by atoms with van der Waals surface area (Å²) in [6.45, 7) is 1.83. The smallest absolute Gasteiger partial charge is 0.258 e. The molecule has 4 rings (SSSR count). The molecular formula is C20H16ClN5O2. The summed E-state index contributed by atoms with van der Waals surface area (Å²) in [4.78, 5) is 21.0. The Hall–Kier alpha value is -3.45. The van der Waals surface area contributed by atoms with Crippen LogP contribution in [-0.4, -0.2) is 32.8 Å². The van der Waals surface area contributed by atoms with Crippen LogP contribution in [0.25, 0.3) is 16.7 Å². The molecule has 1 amide bonds. The largest absolute Gasteiger partial charge is 0.497 e. The number of rotatable bonds is 4. The monoisotopic (exact) mass is 393 g/mol. The van der Waals surface area contributed by atoms with E-state index in [9.17, 15) is 4.79 Å². The first-order valence-electron chi connectivity index (χ1n) is 8.48. The number of amides is 1. The number of nitrogens with zero attached hydrogens (tertiary/aromatic N) is 4. The third kappa shape index (κ3) is 3.16. The highest BCUT2D eigenvalue weighted by molar-refractivity contribution is 6.39. The van der Waals surface area contributed by atoms with E-state index >= 15 is 0 Å². The Bertz CT molecular complexity index is 1170. The topological polar surface area (TPSA) is 81.9 Å². The molecule has 0 radical (unpaired) electrons. The molecular weight excluding hydrogens is 378 g/mol. The Morgan fingerprint density at radius 1 is 1.21 bits per heavy atom. The SMILES string of the molecule is COc1cccc(-n2nc(C)c3c(Cl)c(C(=O)Nc4ccncc4)cnc32)c1. The lowest BCUT2D eigenvalue weighted by atomic mass is 10.2. The van der Waals surface area contributed by atoms with Gasteiger partial charge in [0.15, 0.2) is 5.65 Å². The standard InChI is InChI=1S/C20H16ClN5O2/c1-12-17-18(21)16(20(27)24-13-6-8-22-9-7-13)11-23-19(17)26(25-12)14-4-3-5-15(10-14)28-2/h3-11H,1-2H3,(H,22,24,27). The molecule has 0 unspecified atom stereocenters. The highest BCUT2D eigenvalue weighted by Crippen LogP contribution is 2.31. The number of carbonyl (C=O) groups is 1. The Labute approximate surface area is 165 Å². The summed E-state index contributed by atoms with van der Waals surface area (Å²) in [5.74, 6) is 0.359. The minimum absolute atomic E-state index is 0.277. The number of halogens is 1. The maximum atomic E-state index is 12.7. The van der Waals surface area contributed by atoms with Crippen molar-refractivity contribution in [2.24, 2.45) is 0 Å². The third-order valence-corrected chi connectivity index (χ3v) is 4.68. The van der Waals surface area contributed by atoms with E-state index in [4.69, 9.17) is 16.3 Å². The van der Waals surface area contributed by atoms with Crippen molar-refractivity contribution in [3.05, 3.63) is 71.3 Å². The van der Waals surface area contributed by atoms with Crippen LogP contribution in [0.4, 0.5) is 5.69 Å². The number of aromatic nitrogens is 4. The average molecular weight is 394 g/mol. The second-order valence-corrected chi connectivity index (χ2v) is 6.45. The lowest BCUT2D eigenvalue weighted by Crippen LogP contribution is -2.13. The van der Waals surface area contributed by atoms with E-state index in [1.54, 1.807) is 36.3 Å². The van der Waals surface area contributed by atoms with Crippen molar-refractivity contribution in [1.29, 1.82) is 0 Å². The van der Waals surface area contributed by atoms with Gasteiger partial charge in [-0.05, 0) is 31.2 Å². The van der Waals surface area contributed by atoms with Crippen LogP contribution in [0.2, 0.25) is 5.02 Å². The van der Waals surface area contributed by atoms with Gasteiger partial charge in [-0.3, -0.25) is 9.78 Å². The van der Waals surface area contributed by atoms with Crippen LogP contribution in [0, 0.1) is 6.92 Å². The van der Waals surface area contributed by atoms with Gasteiger partial charge in [0, 0.05) is 30.3 Å². The molecule has 0 aliphatic rings. The summed E-state index contributed by atoms with van der Waals surface area (Å²) in [6, 6.07) is 10.9. The first-order chi connectivity index (χ1) is 13.6. The molecule has 3 heterocycles. The Morgan fingerprint density at radius 3 is 2.75 bits per heavy atom. The summed E-state index contributed by atoms with van der Waals surface area (Å²) in [5.41, 5.74) is 2.93. The zero-order valence-corrected chi connectivity index (χ0v) is 15.9. The predicted molar refractivity (Wildman–Crippen MR) is 107 cm³/mol. The van der Waals surface area contributed by atoms with Gasteiger partial charge in [0.1, 0.15) is 5.75 Å². The second kappa shape index (κ2) is 7.28. The molecule has 1 N–H and O–H groups in total. The molecule has 0 saturated heterocycles. The van der Waals surface area contributed by atoms with Gasteiger partial charge in [0.25, 0.3) is 5.91 Å². The van der Waals surface area contributed by atoms with Crippen LogP contribution in [0.3, 0.4) is 0 Å². The molecule has 0 aliphatic carbocycles. The number of ether oxygens (including phenoxy) is 1. The summed E-state index contributed by atoms with van der Waals surface area (Å²) in [7, 11) is 1.61. The van der Waals surface area contributed by atoms with Crippen LogP contribution in [-0.2, 0) is 0 Å². The Kier molecular flexibility index (Phi) is 4.67. The Balaban J connectivity index is 1.78. The van der Waals surface area contributed by atoms with E-state index < -0.39 is 0 Å². The highest BCUT2D eigenvalue weighted by Gasteiger charge is 2.20. The summed E-state index contributed by atoms with van der Waals surface area (Å²) < 4.78 is 6.97. The van der Waals surface area contributed by atoms with E-state index in [1.165, 1.54) is 6.20 Å². The van der Waals surface area contributed by atoms with Gasteiger partial charge in [0.2, 0.25) is 0 Å². The predicted octanol–water partition coefficient (Wildman–Crippen LogP) is 4.04. The number of methoxy groups -OCH3 is 1. The van der Waals surface area contributed by atoms with Crippen LogP contribution < -0.4 is 10.1 Å². The van der Waals surface area contributed by atoms with Gasteiger partial charge in [0.05, 0.1) is 34.5 Å². The lowest BCUT2D eigenvalue weighted by Gasteiger charge is -2.08. The molecule has 3 aromatic heterocycles. The third-order valence-electron chi connectivity index (χ3n) is 4.29. The minimum atomic E-state index is -0.348. The van der Waals surface area contributed by atoms with Crippen molar-refractivity contribution in [2.45, 2.75) is 6.92 Å². The fourth-order valence-electron chi connectivity index (χ4n) is 2.92. The van der Waals surface area contributed by atoms with E-state index in [-0.39, 0.29) is 11.5 Å². The number of carbonyl (C=O) groups excluding carboxylic acids is 1. The van der Waals surface area contributed by atoms with E-state index in [2.05, 4.69) is 20.4 Å². The summed E-state index contributed by atoms with van der Waals surface area (Å²) in [5, 5.41) is 8.28. The van der Waals surface area contributed by atoms with Crippen molar-refractivity contribution in [3.8, 4) is 11.4 Å². The molecule has 0 fully saturated rings. The fraction of sp³-hybridized carbons (Fsp3) is 0.100. The number of fused-ring (bicyclic) bond motifs is 1. The number of pyridine rings is 2. The van der Waals surface area contributed by atoms with Crippen LogP contribution >= 0.6 is 11.6 Å². The fourth-order valence-corrected chi connectivity index (χ4v) is 3.28. The van der Waals surface area contributed by atoms with Gasteiger partial charge in [-0.2, -0.15) is 5.10 Å². The molecule has 0 atom stereocenters. The first kappa shape index (κ1) is 17.9. The van der Waals surface area contributed by atoms with Gasteiger partial charge >= 0.3 is 0 Å². The zero-order valence-electron chi connectivity index (χ0n) is 15.2. The lowest BCUT2D eigenvalue weighted by molar-refractivity contribution is 0.102. The molecule has 0 saturated carbocycles. The molecule has 1 aromatic carbocycles. The van der Waals surface area contributed by atoms with E-state index in [1.807, 2.05) is 31.2 Å². The first-order valence-corrected chi connectivity index (χ1v) is 8.86. The number of nitrogens with one attached hydrogen (secondary N) is 1. The molecule has 8 heteroatoms. The number of hydrogen-bond donors (Lipinski definition) is 1. The number of hydrogen-bond acceptors (Lipinski definition) is 5. The van der Waals surface area contributed by atoms with Crippen molar-refractivity contribution in [1.82, 2.24) is 19.7 Å². The summed E-state index contributed by atoms with van der Waals surface area (Å²) in [6.07, 6.45) is 4.65. The average Bonchev–Trinajstić information content (AvgIpc) is 3.06. The number of aryl methyl sites for hydroxylation is 1. The molecule has 7 nitrogen and oxygen atoms in total. The van der Waals surface area contributed by atoms with Gasteiger partial charge in [-0.1, -0.05) is 17.7 Å². The molecule has 0 spiro atoms. The minimum Gasteiger partial charge on any atom is -0.497 e. The zero-order chi connectivity index (χ0) is 19.7. The van der Waals surface area contributed by atoms with Crippen molar-refractivity contribution < 1.29 is 9.53 Å². The van der Waals surface area contributed by atoms with Crippen molar-refractivity contribution in [3.63, 3.8) is 0 Å². The second-order valence-electron chi connectivity index (χ2n) is 6.07. The number of benzene rings is 1. The van der Waals surface area contributed by atoms with Gasteiger partial charge < -0.3 is 10.1 Å². The molecule has 0 bridgehead atoms. The Morgan fingerprint density at radius 2 is 2.00 bits per heavy atom.